The minimum atomic E-state index is -0.225. The van der Waals surface area contributed by atoms with Crippen LogP contribution in [0.2, 0.25) is 0 Å². The summed E-state index contributed by atoms with van der Waals surface area (Å²) in [6.45, 7) is 3.70. The van der Waals surface area contributed by atoms with E-state index >= 15 is 0 Å². The van der Waals surface area contributed by atoms with Gasteiger partial charge in [-0.25, -0.2) is 9.78 Å². The van der Waals surface area contributed by atoms with E-state index < -0.39 is 0 Å². The molecule has 0 bridgehead atoms. The molecule has 0 saturated heterocycles. The molecule has 0 radical (unpaired) electrons. The van der Waals surface area contributed by atoms with Crippen molar-refractivity contribution in [3.05, 3.63) is 59.9 Å². The van der Waals surface area contributed by atoms with Gasteiger partial charge in [0.25, 0.3) is 0 Å². The van der Waals surface area contributed by atoms with Crippen molar-refractivity contribution in [2.75, 3.05) is 7.11 Å². The zero-order valence-corrected chi connectivity index (χ0v) is 14.5. The van der Waals surface area contributed by atoms with E-state index in [4.69, 9.17) is 4.74 Å². The number of nitrogens with zero attached hydrogens (tertiary/aromatic N) is 2. The van der Waals surface area contributed by atoms with Gasteiger partial charge in [-0.1, -0.05) is 24.3 Å². The number of fused-ring (bicyclic) bond motifs is 1. The van der Waals surface area contributed by atoms with Crippen molar-refractivity contribution in [2.24, 2.45) is 0 Å². The number of nitrogens with one attached hydrogen (secondary N) is 2. The Labute approximate surface area is 146 Å². The van der Waals surface area contributed by atoms with Crippen molar-refractivity contribution < 1.29 is 9.53 Å². The molecule has 3 rings (SSSR count). The minimum Gasteiger partial charge on any atom is -0.497 e. The summed E-state index contributed by atoms with van der Waals surface area (Å²) in [4.78, 5) is 16.7. The fourth-order valence-electron chi connectivity index (χ4n) is 2.80. The van der Waals surface area contributed by atoms with Gasteiger partial charge in [0.1, 0.15) is 11.6 Å². The average Bonchev–Trinajstić information content (AvgIpc) is 3.02. The fourth-order valence-corrected chi connectivity index (χ4v) is 2.80. The van der Waals surface area contributed by atoms with Crippen LogP contribution in [0, 0.1) is 0 Å². The predicted molar refractivity (Wildman–Crippen MR) is 97.5 cm³/mol. The Morgan fingerprint density at radius 2 is 1.92 bits per heavy atom. The summed E-state index contributed by atoms with van der Waals surface area (Å²) >= 11 is 0. The van der Waals surface area contributed by atoms with E-state index in [1.165, 1.54) is 0 Å². The molecule has 0 atom stereocenters. The number of rotatable bonds is 6. The molecule has 0 fully saturated rings. The maximum absolute atomic E-state index is 12.1. The molecular formula is C19H22N4O2. The zero-order chi connectivity index (χ0) is 17.6. The number of aryl methyl sites for hydroxylation is 1. The Balaban J connectivity index is 1.59. The van der Waals surface area contributed by atoms with Gasteiger partial charge in [0.05, 0.1) is 24.7 Å². The molecule has 2 aromatic carbocycles. The summed E-state index contributed by atoms with van der Waals surface area (Å²) in [6, 6.07) is 15.4. The lowest BCUT2D eigenvalue weighted by Crippen LogP contribution is -2.35. The van der Waals surface area contributed by atoms with Gasteiger partial charge in [-0.15, -0.1) is 0 Å². The molecule has 1 aromatic heterocycles. The molecule has 6 nitrogen and oxygen atoms in total. The first kappa shape index (κ1) is 16.8. The van der Waals surface area contributed by atoms with Crippen LogP contribution in [-0.4, -0.2) is 22.7 Å². The molecule has 0 unspecified atom stereocenters. The third kappa shape index (κ3) is 3.91. The summed E-state index contributed by atoms with van der Waals surface area (Å²) in [5, 5.41) is 5.72. The molecule has 25 heavy (non-hydrogen) atoms. The second-order valence-corrected chi connectivity index (χ2v) is 5.65. The molecule has 3 aromatic rings. The average molecular weight is 338 g/mol. The van der Waals surface area contributed by atoms with Crippen LogP contribution < -0.4 is 15.4 Å². The molecular weight excluding hydrogens is 316 g/mol. The Hall–Kier alpha value is -3.02. The number of para-hydroxylation sites is 2. The maximum Gasteiger partial charge on any atom is 0.315 e. The molecule has 0 spiro atoms. The second-order valence-electron chi connectivity index (χ2n) is 5.65. The summed E-state index contributed by atoms with van der Waals surface area (Å²) < 4.78 is 7.29. The molecule has 0 aliphatic heterocycles. The van der Waals surface area contributed by atoms with Crippen molar-refractivity contribution in [1.82, 2.24) is 20.2 Å². The van der Waals surface area contributed by atoms with Crippen molar-refractivity contribution in [3.63, 3.8) is 0 Å². The highest BCUT2D eigenvalue weighted by Crippen LogP contribution is 2.15. The zero-order valence-electron chi connectivity index (χ0n) is 14.5. The first-order valence-corrected chi connectivity index (χ1v) is 8.30. The Morgan fingerprint density at radius 3 is 2.72 bits per heavy atom. The van der Waals surface area contributed by atoms with Crippen LogP contribution in [0.4, 0.5) is 4.79 Å². The van der Waals surface area contributed by atoms with E-state index in [1.54, 1.807) is 7.11 Å². The first-order chi connectivity index (χ1) is 12.2. The quantitative estimate of drug-likeness (QED) is 0.726. The molecule has 2 amide bonds. The lowest BCUT2D eigenvalue weighted by molar-refractivity contribution is 0.239. The topological polar surface area (TPSA) is 68.2 Å². The number of ether oxygens (including phenoxy) is 1. The van der Waals surface area contributed by atoms with Gasteiger partial charge >= 0.3 is 6.03 Å². The van der Waals surface area contributed by atoms with Crippen LogP contribution in [0.3, 0.4) is 0 Å². The number of aromatic nitrogens is 2. The van der Waals surface area contributed by atoms with Gasteiger partial charge in [-0.2, -0.15) is 0 Å². The SMILES string of the molecule is CCn1c(CNC(=O)NCc2cccc(OC)c2)nc2ccccc21. The smallest absolute Gasteiger partial charge is 0.315 e. The van der Waals surface area contributed by atoms with Gasteiger partial charge in [0.15, 0.2) is 0 Å². The second kappa shape index (κ2) is 7.70. The monoisotopic (exact) mass is 338 g/mol. The lowest BCUT2D eigenvalue weighted by atomic mass is 10.2. The summed E-state index contributed by atoms with van der Waals surface area (Å²) in [7, 11) is 1.62. The number of benzene rings is 2. The molecule has 2 N–H and O–H groups in total. The number of hydrogen-bond donors (Lipinski definition) is 2. The standard InChI is InChI=1S/C19H22N4O2/c1-3-23-17-10-5-4-9-16(17)22-18(23)13-21-19(24)20-12-14-7-6-8-15(11-14)25-2/h4-11H,3,12-13H2,1-2H3,(H2,20,21,24). The highest BCUT2D eigenvalue weighted by Gasteiger charge is 2.10. The number of methoxy groups -OCH3 is 1. The number of carbonyl (C=O) groups is 1. The van der Waals surface area contributed by atoms with Crippen molar-refractivity contribution in [3.8, 4) is 5.75 Å². The Kier molecular flexibility index (Phi) is 5.18. The normalized spacial score (nSPS) is 10.6. The number of carbonyl (C=O) groups excluding carboxylic acids is 1. The first-order valence-electron chi connectivity index (χ1n) is 8.30. The molecule has 6 heteroatoms. The van der Waals surface area contributed by atoms with Gasteiger partial charge in [-0.3, -0.25) is 0 Å². The van der Waals surface area contributed by atoms with E-state index in [0.29, 0.717) is 13.1 Å². The highest BCUT2D eigenvalue weighted by atomic mass is 16.5. The van der Waals surface area contributed by atoms with Crippen LogP contribution in [0.1, 0.15) is 18.3 Å². The number of hydrogen-bond acceptors (Lipinski definition) is 3. The molecule has 0 saturated carbocycles. The van der Waals surface area contributed by atoms with Crippen molar-refractivity contribution in [1.29, 1.82) is 0 Å². The molecule has 0 aliphatic carbocycles. The lowest BCUT2D eigenvalue weighted by Gasteiger charge is -2.10. The van der Waals surface area contributed by atoms with Gasteiger partial charge < -0.3 is 19.9 Å². The van der Waals surface area contributed by atoms with Crippen LogP contribution in [-0.2, 0) is 19.6 Å². The summed E-state index contributed by atoms with van der Waals surface area (Å²) in [6.07, 6.45) is 0. The fraction of sp³-hybridized carbons (Fsp3) is 0.263. The minimum absolute atomic E-state index is 0.225. The summed E-state index contributed by atoms with van der Waals surface area (Å²) in [5.74, 6) is 1.62. The number of urea groups is 1. The van der Waals surface area contributed by atoms with Crippen LogP contribution >= 0.6 is 0 Å². The third-order valence-corrected chi connectivity index (χ3v) is 4.04. The van der Waals surface area contributed by atoms with E-state index in [0.717, 1.165) is 34.7 Å². The molecule has 1 heterocycles. The van der Waals surface area contributed by atoms with Gasteiger partial charge in [0, 0.05) is 13.1 Å². The van der Waals surface area contributed by atoms with Crippen LogP contribution in [0.25, 0.3) is 11.0 Å². The summed E-state index contributed by atoms with van der Waals surface area (Å²) in [5.41, 5.74) is 3.01. The van der Waals surface area contributed by atoms with Crippen molar-refractivity contribution >= 4 is 17.1 Å². The number of imidazole rings is 1. The van der Waals surface area contributed by atoms with Gasteiger partial charge in [0.2, 0.25) is 0 Å². The largest absolute Gasteiger partial charge is 0.497 e. The third-order valence-electron chi connectivity index (χ3n) is 4.04. The Bertz CT molecular complexity index is 873. The van der Waals surface area contributed by atoms with E-state index in [1.807, 2.05) is 48.5 Å². The predicted octanol–water partition coefficient (Wildman–Crippen LogP) is 3.06. The van der Waals surface area contributed by atoms with E-state index in [-0.39, 0.29) is 6.03 Å². The van der Waals surface area contributed by atoms with E-state index in [9.17, 15) is 4.79 Å². The highest BCUT2D eigenvalue weighted by molar-refractivity contribution is 5.76. The number of amides is 2. The molecule has 0 aliphatic rings. The Morgan fingerprint density at radius 1 is 1.12 bits per heavy atom. The van der Waals surface area contributed by atoms with Gasteiger partial charge in [-0.05, 0) is 36.8 Å². The van der Waals surface area contributed by atoms with Crippen LogP contribution in [0.15, 0.2) is 48.5 Å². The maximum atomic E-state index is 12.1. The molecule has 130 valence electrons. The van der Waals surface area contributed by atoms with Crippen molar-refractivity contribution in [2.45, 2.75) is 26.6 Å². The van der Waals surface area contributed by atoms with E-state index in [2.05, 4.69) is 27.1 Å². The van der Waals surface area contributed by atoms with Crippen LogP contribution in [0.5, 0.6) is 5.75 Å².